The molecule has 18 heavy (non-hydrogen) atoms. The number of ether oxygens (including phenoxy) is 1. The fourth-order valence-corrected chi connectivity index (χ4v) is 2.91. The average Bonchev–Trinajstić information content (AvgIpc) is 2.56. The van der Waals surface area contributed by atoms with Crippen molar-refractivity contribution in [1.82, 2.24) is 9.55 Å². The number of aromatic nitrogens is 2. The summed E-state index contributed by atoms with van der Waals surface area (Å²) in [5.74, 6) is 1.64. The number of rotatable bonds is 2. The number of imidazole rings is 1. The zero-order chi connectivity index (χ0) is 13.4. The van der Waals surface area contributed by atoms with Crippen LogP contribution in [-0.4, -0.2) is 16.7 Å². The van der Waals surface area contributed by atoms with Gasteiger partial charge in [-0.25, -0.2) is 4.98 Å². The van der Waals surface area contributed by atoms with Gasteiger partial charge in [-0.3, -0.25) is 0 Å². The highest BCUT2D eigenvalue weighted by Gasteiger charge is 2.16. The Hall–Kier alpha value is -1.00. The molecule has 1 aromatic carbocycles. The molecule has 0 aliphatic carbocycles. The van der Waals surface area contributed by atoms with Crippen LogP contribution in [-0.2, 0) is 7.05 Å². The quantitative estimate of drug-likeness (QED) is 0.828. The summed E-state index contributed by atoms with van der Waals surface area (Å²) in [6, 6.07) is 3.85. The second kappa shape index (κ2) is 4.94. The number of halogens is 2. The summed E-state index contributed by atoms with van der Waals surface area (Å²) in [7, 11) is 3.60. The van der Waals surface area contributed by atoms with Crippen LogP contribution in [0.5, 0.6) is 5.75 Å². The van der Waals surface area contributed by atoms with Gasteiger partial charge in [-0.05, 0) is 47.5 Å². The first kappa shape index (κ1) is 13.4. The molecule has 0 N–H and O–H groups in total. The maximum Gasteiger partial charge on any atom is 0.137 e. The van der Waals surface area contributed by atoms with E-state index in [1.165, 1.54) is 0 Å². The van der Waals surface area contributed by atoms with Crippen LogP contribution in [0.1, 0.15) is 11.4 Å². The molecular formula is C13H14BrClN2O. The van der Waals surface area contributed by atoms with Crippen molar-refractivity contribution >= 4 is 27.5 Å². The van der Waals surface area contributed by atoms with Crippen molar-refractivity contribution in [3.8, 4) is 17.0 Å². The Morgan fingerprint density at radius 1 is 1.33 bits per heavy atom. The minimum absolute atomic E-state index is 0.601. The normalized spacial score (nSPS) is 10.8. The summed E-state index contributed by atoms with van der Waals surface area (Å²) in [4.78, 5) is 4.41. The van der Waals surface area contributed by atoms with Crippen molar-refractivity contribution in [2.45, 2.75) is 13.8 Å². The standard InChI is InChI=1S/C13H14BrClN2O/c1-7-5-11(18-4)10(15)6-9(7)12-13(14)16-8(2)17(12)3/h5-6H,1-4H3. The van der Waals surface area contributed by atoms with E-state index in [4.69, 9.17) is 16.3 Å². The first-order valence-electron chi connectivity index (χ1n) is 5.49. The van der Waals surface area contributed by atoms with Gasteiger partial charge in [0.05, 0.1) is 17.8 Å². The molecule has 1 heterocycles. The van der Waals surface area contributed by atoms with Gasteiger partial charge in [0, 0.05) is 12.6 Å². The second-order valence-electron chi connectivity index (χ2n) is 4.16. The largest absolute Gasteiger partial charge is 0.495 e. The average molecular weight is 330 g/mol. The Morgan fingerprint density at radius 2 is 2.00 bits per heavy atom. The number of nitrogens with zero attached hydrogens (tertiary/aromatic N) is 2. The summed E-state index contributed by atoms with van der Waals surface area (Å²) >= 11 is 9.69. The van der Waals surface area contributed by atoms with Crippen molar-refractivity contribution < 1.29 is 4.74 Å². The third kappa shape index (κ3) is 2.15. The smallest absolute Gasteiger partial charge is 0.137 e. The molecule has 0 amide bonds. The van der Waals surface area contributed by atoms with E-state index >= 15 is 0 Å². The molecular weight excluding hydrogens is 316 g/mol. The van der Waals surface area contributed by atoms with E-state index in [2.05, 4.69) is 20.9 Å². The molecule has 96 valence electrons. The lowest BCUT2D eigenvalue weighted by atomic mass is 10.1. The van der Waals surface area contributed by atoms with Crippen LogP contribution < -0.4 is 4.74 Å². The Balaban J connectivity index is 2.68. The van der Waals surface area contributed by atoms with E-state index < -0.39 is 0 Å². The van der Waals surface area contributed by atoms with Gasteiger partial charge < -0.3 is 9.30 Å². The number of methoxy groups -OCH3 is 1. The monoisotopic (exact) mass is 328 g/mol. The lowest BCUT2D eigenvalue weighted by Crippen LogP contribution is -1.97. The van der Waals surface area contributed by atoms with Crippen molar-refractivity contribution in [3.05, 3.63) is 33.1 Å². The molecule has 3 nitrogen and oxygen atoms in total. The summed E-state index contributed by atoms with van der Waals surface area (Å²) in [6.07, 6.45) is 0. The number of aryl methyl sites for hydroxylation is 2. The third-order valence-electron chi connectivity index (χ3n) is 3.03. The first-order chi connectivity index (χ1) is 8.45. The molecule has 0 atom stereocenters. The van der Waals surface area contributed by atoms with Gasteiger partial charge in [0.25, 0.3) is 0 Å². The van der Waals surface area contributed by atoms with Gasteiger partial charge in [0.1, 0.15) is 16.2 Å². The van der Waals surface area contributed by atoms with Crippen LogP contribution in [0.25, 0.3) is 11.3 Å². The maximum atomic E-state index is 6.19. The summed E-state index contributed by atoms with van der Waals surface area (Å²) in [5.41, 5.74) is 3.17. The lowest BCUT2D eigenvalue weighted by Gasteiger charge is -2.11. The van der Waals surface area contributed by atoms with Gasteiger partial charge in [-0.15, -0.1) is 0 Å². The number of hydrogen-bond acceptors (Lipinski definition) is 2. The molecule has 2 rings (SSSR count). The zero-order valence-electron chi connectivity index (χ0n) is 10.7. The molecule has 5 heteroatoms. The molecule has 0 radical (unpaired) electrons. The zero-order valence-corrected chi connectivity index (χ0v) is 13.1. The fourth-order valence-electron chi connectivity index (χ4n) is 1.93. The van der Waals surface area contributed by atoms with E-state index in [0.717, 1.165) is 27.2 Å². The van der Waals surface area contributed by atoms with Gasteiger partial charge >= 0.3 is 0 Å². The minimum Gasteiger partial charge on any atom is -0.495 e. The minimum atomic E-state index is 0.601. The Labute approximate surface area is 120 Å². The van der Waals surface area contributed by atoms with E-state index in [9.17, 15) is 0 Å². The first-order valence-corrected chi connectivity index (χ1v) is 6.66. The number of benzene rings is 1. The molecule has 0 aliphatic rings. The van der Waals surface area contributed by atoms with Crippen molar-refractivity contribution in [2.75, 3.05) is 7.11 Å². The predicted octanol–water partition coefficient (Wildman–Crippen LogP) is 4.13. The Bertz CT molecular complexity index is 608. The van der Waals surface area contributed by atoms with E-state index in [0.29, 0.717) is 10.8 Å². The van der Waals surface area contributed by atoms with Crippen molar-refractivity contribution in [3.63, 3.8) is 0 Å². The van der Waals surface area contributed by atoms with Gasteiger partial charge in [0.15, 0.2) is 0 Å². The highest BCUT2D eigenvalue weighted by Crippen LogP contribution is 2.36. The van der Waals surface area contributed by atoms with Crippen LogP contribution in [0.15, 0.2) is 16.7 Å². The molecule has 1 aromatic heterocycles. The highest BCUT2D eigenvalue weighted by molar-refractivity contribution is 9.10. The summed E-state index contributed by atoms with van der Waals surface area (Å²) in [5, 5.41) is 0.601. The van der Waals surface area contributed by atoms with Crippen LogP contribution in [0, 0.1) is 13.8 Å². The maximum absolute atomic E-state index is 6.19. The Kier molecular flexibility index (Phi) is 3.69. The Morgan fingerprint density at radius 3 is 2.50 bits per heavy atom. The van der Waals surface area contributed by atoms with Crippen LogP contribution in [0.4, 0.5) is 0 Å². The van der Waals surface area contributed by atoms with Crippen LogP contribution in [0.3, 0.4) is 0 Å². The van der Waals surface area contributed by atoms with E-state index in [1.807, 2.05) is 37.6 Å². The predicted molar refractivity (Wildman–Crippen MR) is 77.4 cm³/mol. The topological polar surface area (TPSA) is 27.1 Å². The van der Waals surface area contributed by atoms with Crippen LogP contribution >= 0.6 is 27.5 Å². The summed E-state index contributed by atoms with van der Waals surface area (Å²) in [6.45, 7) is 4.00. The highest BCUT2D eigenvalue weighted by atomic mass is 79.9. The second-order valence-corrected chi connectivity index (χ2v) is 5.32. The molecule has 0 bridgehead atoms. The SMILES string of the molecule is COc1cc(C)c(-c2c(Br)nc(C)n2C)cc1Cl. The molecule has 0 unspecified atom stereocenters. The van der Waals surface area contributed by atoms with E-state index in [1.54, 1.807) is 7.11 Å². The molecule has 0 saturated carbocycles. The van der Waals surface area contributed by atoms with Gasteiger partial charge in [-0.2, -0.15) is 0 Å². The van der Waals surface area contributed by atoms with E-state index in [-0.39, 0.29) is 0 Å². The van der Waals surface area contributed by atoms with Crippen molar-refractivity contribution in [1.29, 1.82) is 0 Å². The number of hydrogen-bond donors (Lipinski definition) is 0. The molecule has 0 spiro atoms. The van der Waals surface area contributed by atoms with Gasteiger partial charge in [-0.1, -0.05) is 11.6 Å². The van der Waals surface area contributed by atoms with Crippen LogP contribution in [0.2, 0.25) is 5.02 Å². The molecule has 0 fully saturated rings. The molecule has 0 saturated heterocycles. The molecule has 2 aromatic rings. The lowest BCUT2D eigenvalue weighted by molar-refractivity contribution is 0.415. The van der Waals surface area contributed by atoms with Crippen molar-refractivity contribution in [2.24, 2.45) is 7.05 Å². The third-order valence-corrected chi connectivity index (χ3v) is 3.88. The molecule has 0 aliphatic heterocycles. The fraction of sp³-hybridized carbons (Fsp3) is 0.308. The summed E-state index contributed by atoms with van der Waals surface area (Å²) < 4.78 is 8.08. The van der Waals surface area contributed by atoms with Gasteiger partial charge in [0.2, 0.25) is 0 Å².